The summed E-state index contributed by atoms with van der Waals surface area (Å²) in [7, 11) is 2.25. The Bertz CT molecular complexity index is 743. The fourth-order valence-corrected chi connectivity index (χ4v) is 6.69. The number of carbonyl (C=O) groups excluding carboxylic acids is 3. The van der Waals surface area contributed by atoms with Crippen molar-refractivity contribution in [3.8, 4) is 0 Å². The van der Waals surface area contributed by atoms with Gasteiger partial charge in [-0.1, -0.05) is 34.1 Å². The molecule has 4 fully saturated rings. The van der Waals surface area contributed by atoms with Gasteiger partial charge < -0.3 is 9.80 Å². The molecule has 1 aliphatic carbocycles. The van der Waals surface area contributed by atoms with Crippen LogP contribution in [-0.4, -0.2) is 91.2 Å². The van der Waals surface area contributed by atoms with Crippen LogP contribution >= 0.6 is 0 Å². The molecule has 4 aliphatic rings. The van der Waals surface area contributed by atoms with Gasteiger partial charge in [-0.3, -0.25) is 24.6 Å². The number of hydrogen-bond donors (Lipinski definition) is 1. The van der Waals surface area contributed by atoms with Crippen LogP contribution in [0.3, 0.4) is 0 Å². The minimum atomic E-state index is -0.141. The fraction of sp³-hybridized carbons (Fsp3) is 0.900. The summed E-state index contributed by atoms with van der Waals surface area (Å²) in [6.45, 7) is 17.2. The minimum absolute atomic E-state index is 0.0164. The van der Waals surface area contributed by atoms with Gasteiger partial charge in [0.2, 0.25) is 11.8 Å². The molecule has 5 unspecified atom stereocenters. The zero-order chi connectivity index (χ0) is 26.9. The van der Waals surface area contributed by atoms with Crippen LogP contribution in [0.25, 0.3) is 0 Å². The van der Waals surface area contributed by atoms with Gasteiger partial charge in [0.15, 0.2) is 0 Å². The molecule has 7 heteroatoms. The Hall–Kier alpha value is -1.31. The zero-order valence-corrected chi connectivity index (χ0v) is 24.3. The molecule has 3 heterocycles. The third-order valence-electron chi connectivity index (χ3n) is 9.74. The summed E-state index contributed by atoms with van der Waals surface area (Å²) in [4.78, 5) is 41.9. The average Bonchev–Trinajstić information content (AvgIpc) is 2.91. The number of carbonyl (C=O) groups is 3. The van der Waals surface area contributed by atoms with Gasteiger partial charge in [0.25, 0.3) is 0 Å². The quantitative estimate of drug-likeness (QED) is 0.517. The molecular formula is C30H54N4O3. The monoisotopic (exact) mass is 518 g/mol. The lowest BCUT2D eigenvalue weighted by Crippen LogP contribution is -2.53. The maximum absolute atomic E-state index is 12.8. The predicted octanol–water partition coefficient (Wildman–Crippen LogP) is 3.82. The lowest BCUT2D eigenvalue weighted by molar-refractivity contribution is -0.136. The summed E-state index contributed by atoms with van der Waals surface area (Å²) in [6.07, 6.45) is 9.72. The van der Waals surface area contributed by atoms with Crippen LogP contribution in [0.15, 0.2) is 0 Å². The van der Waals surface area contributed by atoms with Crippen molar-refractivity contribution < 1.29 is 14.4 Å². The van der Waals surface area contributed by atoms with Gasteiger partial charge in [0.05, 0.1) is 0 Å². The van der Waals surface area contributed by atoms with E-state index in [-0.39, 0.29) is 23.7 Å². The first-order chi connectivity index (χ1) is 17.7. The van der Waals surface area contributed by atoms with E-state index in [1.54, 1.807) is 0 Å². The molecule has 3 saturated heterocycles. The number of hydrogen-bond acceptors (Lipinski definition) is 6. The molecule has 4 rings (SSSR count). The van der Waals surface area contributed by atoms with E-state index in [0.717, 1.165) is 24.8 Å². The van der Waals surface area contributed by atoms with E-state index in [4.69, 9.17) is 0 Å². The second-order valence-electron chi connectivity index (χ2n) is 12.4. The second-order valence-corrected chi connectivity index (χ2v) is 12.4. The molecule has 3 aliphatic heterocycles. The average molecular weight is 519 g/mol. The Kier molecular flexibility index (Phi) is 12.0. The number of ketones is 1. The van der Waals surface area contributed by atoms with Gasteiger partial charge in [-0.25, -0.2) is 0 Å². The Morgan fingerprint density at radius 3 is 2.22 bits per heavy atom. The van der Waals surface area contributed by atoms with Crippen molar-refractivity contribution in [3.63, 3.8) is 0 Å². The smallest absolute Gasteiger partial charge is 0.229 e. The summed E-state index contributed by atoms with van der Waals surface area (Å²) >= 11 is 0. The molecule has 0 aromatic rings. The molecule has 212 valence electrons. The topological polar surface area (TPSA) is 73.0 Å². The first-order valence-corrected chi connectivity index (χ1v) is 15.2. The molecule has 37 heavy (non-hydrogen) atoms. The van der Waals surface area contributed by atoms with Crippen LogP contribution in [0.2, 0.25) is 0 Å². The molecule has 7 nitrogen and oxygen atoms in total. The van der Waals surface area contributed by atoms with Gasteiger partial charge in [0, 0.05) is 62.9 Å². The van der Waals surface area contributed by atoms with E-state index in [2.05, 4.69) is 47.8 Å². The van der Waals surface area contributed by atoms with Crippen molar-refractivity contribution in [1.82, 2.24) is 20.0 Å². The van der Waals surface area contributed by atoms with Crippen LogP contribution < -0.4 is 5.32 Å². The maximum Gasteiger partial charge on any atom is 0.229 e. The van der Waals surface area contributed by atoms with Crippen molar-refractivity contribution in [1.29, 1.82) is 0 Å². The molecule has 0 aromatic carbocycles. The Labute approximate surface area is 226 Å². The van der Waals surface area contributed by atoms with E-state index in [1.807, 2.05) is 6.92 Å². The lowest BCUT2D eigenvalue weighted by atomic mass is 9.71. The number of rotatable bonds is 7. The normalized spacial score (nSPS) is 31.8. The lowest BCUT2D eigenvalue weighted by Gasteiger charge is -2.45. The van der Waals surface area contributed by atoms with Crippen molar-refractivity contribution in [2.75, 3.05) is 52.9 Å². The number of amides is 2. The number of nitrogens with one attached hydrogen (secondary N) is 1. The van der Waals surface area contributed by atoms with Gasteiger partial charge >= 0.3 is 0 Å². The number of nitrogens with zero attached hydrogens (tertiary/aromatic N) is 3. The van der Waals surface area contributed by atoms with E-state index >= 15 is 0 Å². The molecule has 2 amide bonds. The molecule has 1 N–H and O–H groups in total. The Morgan fingerprint density at radius 2 is 1.65 bits per heavy atom. The molecule has 1 saturated carbocycles. The fourth-order valence-electron chi connectivity index (χ4n) is 6.69. The maximum atomic E-state index is 12.8. The molecule has 0 radical (unpaired) electrons. The zero-order valence-electron chi connectivity index (χ0n) is 24.3. The standard InChI is InChI=1S/C24H45N3O.C6H9NO2/c1-5-19(3)24(28)23-8-7-22(17-21(23)6-2)27-15-13-26(14-16-27)18-20-9-11-25(4)12-10-20;1-4-2-3-5(8)7-6(4)9/h19-23H,5-18H2,1-4H3;4H,2-3H2,1H3,(H,7,8,9). The van der Waals surface area contributed by atoms with Crippen molar-refractivity contribution in [2.24, 2.45) is 29.6 Å². The van der Waals surface area contributed by atoms with Gasteiger partial charge in [0.1, 0.15) is 5.78 Å². The van der Waals surface area contributed by atoms with Crippen LogP contribution in [0.5, 0.6) is 0 Å². The van der Waals surface area contributed by atoms with Crippen molar-refractivity contribution in [2.45, 2.75) is 91.5 Å². The number of piperazine rings is 1. The van der Waals surface area contributed by atoms with Crippen LogP contribution in [0.4, 0.5) is 0 Å². The highest BCUT2D eigenvalue weighted by molar-refractivity contribution is 5.98. The van der Waals surface area contributed by atoms with Gasteiger partial charge in [-0.2, -0.15) is 0 Å². The first kappa shape index (κ1) is 30.2. The van der Waals surface area contributed by atoms with E-state index < -0.39 is 0 Å². The predicted molar refractivity (Wildman–Crippen MR) is 149 cm³/mol. The second kappa shape index (κ2) is 14.7. The third kappa shape index (κ3) is 8.86. The number of Topliss-reactive ketones (excluding diaryl/α,β-unsaturated/α-hetero) is 1. The molecule has 0 bridgehead atoms. The largest absolute Gasteiger partial charge is 0.306 e. The van der Waals surface area contributed by atoms with Crippen LogP contribution in [0.1, 0.15) is 85.5 Å². The Morgan fingerprint density at radius 1 is 0.973 bits per heavy atom. The van der Waals surface area contributed by atoms with Gasteiger partial charge in [-0.15, -0.1) is 0 Å². The molecular weight excluding hydrogens is 464 g/mol. The Balaban J connectivity index is 0.000000356. The molecule has 5 atom stereocenters. The molecule has 0 spiro atoms. The number of imide groups is 1. The van der Waals surface area contributed by atoms with Gasteiger partial charge in [-0.05, 0) is 76.9 Å². The van der Waals surface area contributed by atoms with E-state index in [9.17, 15) is 14.4 Å². The summed E-state index contributed by atoms with van der Waals surface area (Å²) in [5.74, 6) is 2.40. The van der Waals surface area contributed by atoms with E-state index in [1.165, 1.54) is 77.9 Å². The van der Waals surface area contributed by atoms with Crippen LogP contribution in [0, 0.1) is 29.6 Å². The number of piperidine rings is 2. The van der Waals surface area contributed by atoms with Crippen molar-refractivity contribution >= 4 is 17.6 Å². The third-order valence-corrected chi connectivity index (χ3v) is 9.74. The van der Waals surface area contributed by atoms with E-state index in [0.29, 0.717) is 30.5 Å². The molecule has 0 aromatic heterocycles. The number of likely N-dealkylation sites (tertiary alicyclic amines) is 1. The highest BCUT2D eigenvalue weighted by Gasteiger charge is 2.38. The minimum Gasteiger partial charge on any atom is -0.306 e. The van der Waals surface area contributed by atoms with Crippen molar-refractivity contribution in [3.05, 3.63) is 0 Å². The summed E-state index contributed by atoms with van der Waals surface area (Å²) in [5.41, 5.74) is 0. The summed E-state index contributed by atoms with van der Waals surface area (Å²) in [5, 5.41) is 2.25. The summed E-state index contributed by atoms with van der Waals surface area (Å²) < 4.78 is 0. The van der Waals surface area contributed by atoms with Crippen LogP contribution in [-0.2, 0) is 14.4 Å². The first-order valence-electron chi connectivity index (χ1n) is 15.2. The highest BCUT2D eigenvalue weighted by atomic mass is 16.2. The summed E-state index contributed by atoms with van der Waals surface area (Å²) in [6, 6.07) is 0.719. The highest BCUT2D eigenvalue weighted by Crippen LogP contribution is 2.37. The SMILES string of the molecule is CC1CCC(=O)NC1=O.CCC(C)C(=O)C1CCC(N2CCN(CC3CCN(C)CC3)CC2)CC1CC.